The Bertz CT molecular complexity index is 878. The van der Waals surface area contributed by atoms with Crippen molar-refractivity contribution in [2.24, 2.45) is 0 Å². The molecular weight excluding hydrogens is 264 g/mol. The first-order chi connectivity index (χ1) is 10.4. The molecule has 4 rings (SSSR count). The monoisotopic (exact) mass is 276 g/mol. The van der Waals surface area contributed by atoms with Gasteiger partial charge in [0.1, 0.15) is 0 Å². The van der Waals surface area contributed by atoms with Gasteiger partial charge in [0.15, 0.2) is 11.5 Å². The van der Waals surface area contributed by atoms with E-state index < -0.39 is 0 Å². The van der Waals surface area contributed by atoms with Crippen molar-refractivity contribution in [3.05, 3.63) is 67.3 Å². The summed E-state index contributed by atoms with van der Waals surface area (Å²) in [7, 11) is 0. The lowest BCUT2D eigenvalue weighted by Crippen LogP contribution is -1.99. The predicted molar refractivity (Wildman–Crippen MR) is 79.8 cm³/mol. The molecule has 0 unspecified atom stereocenters. The maximum absolute atomic E-state index is 4.31. The van der Waals surface area contributed by atoms with Gasteiger partial charge >= 0.3 is 0 Å². The molecule has 3 heterocycles. The molecule has 0 aliphatic rings. The maximum Gasteiger partial charge on any atom is 0.155 e. The Labute approximate surface area is 120 Å². The average Bonchev–Trinajstić information content (AvgIpc) is 3.18. The molecule has 0 spiro atoms. The minimum atomic E-state index is 0.809. The van der Waals surface area contributed by atoms with Crippen molar-refractivity contribution >= 4 is 17.2 Å². The van der Waals surface area contributed by atoms with E-state index in [0.717, 1.165) is 22.8 Å². The number of rotatable bonds is 3. The lowest BCUT2D eigenvalue weighted by atomic mass is 10.3. The molecule has 4 aromatic rings. The van der Waals surface area contributed by atoms with E-state index in [2.05, 4.69) is 20.5 Å². The Kier molecular flexibility index (Phi) is 2.64. The van der Waals surface area contributed by atoms with Crippen LogP contribution in [0.4, 0.5) is 11.5 Å². The Morgan fingerprint density at radius 3 is 2.81 bits per heavy atom. The topological polar surface area (TPSA) is 60.0 Å². The van der Waals surface area contributed by atoms with Crippen LogP contribution in [0.2, 0.25) is 0 Å². The van der Waals surface area contributed by atoms with Crippen LogP contribution >= 0.6 is 0 Å². The Hall–Kier alpha value is -3.15. The number of anilines is 2. The quantitative estimate of drug-likeness (QED) is 0.625. The standard InChI is InChI=1S/C15H12N6/c1-4-12(10-13(5-1)20-9-3-8-17-20)19-15-11-16-14-6-2-7-18-21(14)15/h1-11,19H. The van der Waals surface area contributed by atoms with E-state index in [1.165, 1.54) is 0 Å². The number of aromatic nitrogens is 5. The molecule has 3 aromatic heterocycles. The summed E-state index contributed by atoms with van der Waals surface area (Å²) in [6.45, 7) is 0. The van der Waals surface area contributed by atoms with Crippen molar-refractivity contribution in [3.8, 4) is 5.69 Å². The number of nitrogens with zero attached hydrogens (tertiary/aromatic N) is 5. The van der Waals surface area contributed by atoms with Crippen LogP contribution in [0.5, 0.6) is 0 Å². The fourth-order valence-electron chi connectivity index (χ4n) is 2.21. The second-order valence-corrected chi connectivity index (χ2v) is 4.56. The molecule has 0 saturated heterocycles. The van der Waals surface area contributed by atoms with Crippen LogP contribution in [0, 0.1) is 0 Å². The zero-order chi connectivity index (χ0) is 14.1. The summed E-state index contributed by atoms with van der Waals surface area (Å²) in [5.74, 6) is 0.822. The summed E-state index contributed by atoms with van der Waals surface area (Å²) in [6, 6.07) is 13.7. The van der Waals surface area contributed by atoms with Crippen molar-refractivity contribution in [2.75, 3.05) is 5.32 Å². The molecule has 1 N–H and O–H groups in total. The molecule has 0 atom stereocenters. The van der Waals surface area contributed by atoms with Gasteiger partial charge in [-0.1, -0.05) is 6.07 Å². The van der Waals surface area contributed by atoms with Crippen molar-refractivity contribution in [3.63, 3.8) is 0 Å². The molecule has 6 heteroatoms. The summed E-state index contributed by atoms with van der Waals surface area (Å²) < 4.78 is 3.58. The van der Waals surface area contributed by atoms with Gasteiger partial charge in [-0.2, -0.15) is 14.7 Å². The molecule has 0 amide bonds. The highest BCUT2D eigenvalue weighted by Crippen LogP contribution is 2.19. The Morgan fingerprint density at radius 1 is 0.952 bits per heavy atom. The predicted octanol–water partition coefficient (Wildman–Crippen LogP) is 2.66. The third-order valence-electron chi connectivity index (χ3n) is 3.17. The van der Waals surface area contributed by atoms with Crippen molar-refractivity contribution < 1.29 is 0 Å². The first kappa shape index (κ1) is 11.7. The molecule has 0 fully saturated rings. The Balaban J connectivity index is 1.70. The first-order valence-corrected chi connectivity index (χ1v) is 6.56. The lowest BCUT2D eigenvalue weighted by Gasteiger charge is -2.07. The summed E-state index contributed by atoms with van der Waals surface area (Å²) in [5.41, 5.74) is 2.76. The lowest BCUT2D eigenvalue weighted by molar-refractivity contribution is 0.880. The van der Waals surface area contributed by atoms with Crippen LogP contribution in [0.15, 0.2) is 67.3 Å². The number of fused-ring (bicyclic) bond motifs is 1. The molecule has 0 radical (unpaired) electrons. The van der Waals surface area contributed by atoms with Crippen molar-refractivity contribution in [1.82, 2.24) is 24.4 Å². The minimum absolute atomic E-state index is 0.809. The fraction of sp³-hybridized carbons (Fsp3) is 0. The van der Waals surface area contributed by atoms with Crippen LogP contribution < -0.4 is 5.32 Å². The summed E-state index contributed by atoms with van der Waals surface area (Å²) >= 11 is 0. The number of hydrogen-bond acceptors (Lipinski definition) is 4. The highest BCUT2D eigenvalue weighted by molar-refractivity contribution is 5.61. The van der Waals surface area contributed by atoms with Crippen molar-refractivity contribution in [2.45, 2.75) is 0 Å². The van der Waals surface area contributed by atoms with E-state index in [4.69, 9.17) is 0 Å². The van der Waals surface area contributed by atoms with Gasteiger partial charge in [0.2, 0.25) is 0 Å². The maximum atomic E-state index is 4.31. The third-order valence-corrected chi connectivity index (χ3v) is 3.17. The molecule has 1 aromatic carbocycles. The fourth-order valence-corrected chi connectivity index (χ4v) is 2.21. The second-order valence-electron chi connectivity index (χ2n) is 4.56. The second kappa shape index (κ2) is 4.75. The SMILES string of the molecule is c1cc(Nc2cnc3cccnn23)cc(-n2cccn2)c1. The number of nitrogens with one attached hydrogen (secondary N) is 1. The smallest absolute Gasteiger partial charge is 0.155 e. The largest absolute Gasteiger partial charge is 0.339 e. The highest BCUT2D eigenvalue weighted by atomic mass is 15.3. The van der Waals surface area contributed by atoms with Crippen LogP contribution in [-0.2, 0) is 0 Å². The zero-order valence-electron chi connectivity index (χ0n) is 11.1. The van der Waals surface area contributed by atoms with E-state index in [0.29, 0.717) is 0 Å². The molecular formula is C15H12N6. The van der Waals surface area contributed by atoms with Crippen LogP contribution in [0.3, 0.4) is 0 Å². The Morgan fingerprint density at radius 2 is 1.90 bits per heavy atom. The molecule has 21 heavy (non-hydrogen) atoms. The average molecular weight is 276 g/mol. The van der Waals surface area contributed by atoms with E-state index in [1.807, 2.05) is 53.3 Å². The van der Waals surface area contributed by atoms with E-state index >= 15 is 0 Å². The van der Waals surface area contributed by atoms with Gasteiger partial charge in [-0.25, -0.2) is 9.67 Å². The van der Waals surface area contributed by atoms with E-state index in [1.54, 1.807) is 23.1 Å². The molecule has 0 aliphatic heterocycles. The summed E-state index contributed by atoms with van der Waals surface area (Å²) in [4.78, 5) is 4.31. The number of benzene rings is 1. The summed E-state index contributed by atoms with van der Waals surface area (Å²) in [6.07, 6.45) is 7.17. The van der Waals surface area contributed by atoms with Crippen molar-refractivity contribution in [1.29, 1.82) is 0 Å². The van der Waals surface area contributed by atoms with Gasteiger partial charge in [0.05, 0.1) is 11.9 Å². The van der Waals surface area contributed by atoms with Gasteiger partial charge in [-0.05, 0) is 36.4 Å². The first-order valence-electron chi connectivity index (χ1n) is 6.56. The number of imidazole rings is 1. The van der Waals surface area contributed by atoms with Crippen LogP contribution in [0.1, 0.15) is 0 Å². The van der Waals surface area contributed by atoms with Gasteiger partial charge in [-0.3, -0.25) is 0 Å². The third kappa shape index (κ3) is 2.12. The van der Waals surface area contributed by atoms with Gasteiger partial charge in [0, 0.05) is 24.3 Å². The van der Waals surface area contributed by atoms with E-state index in [9.17, 15) is 0 Å². The van der Waals surface area contributed by atoms with E-state index in [-0.39, 0.29) is 0 Å². The van der Waals surface area contributed by atoms with Crippen LogP contribution in [0.25, 0.3) is 11.3 Å². The molecule has 0 saturated carbocycles. The molecule has 6 nitrogen and oxygen atoms in total. The summed E-state index contributed by atoms with van der Waals surface area (Å²) in [5, 5.41) is 11.8. The normalized spacial score (nSPS) is 10.9. The van der Waals surface area contributed by atoms with Gasteiger partial charge in [0.25, 0.3) is 0 Å². The minimum Gasteiger partial charge on any atom is -0.339 e. The molecule has 102 valence electrons. The molecule has 0 aliphatic carbocycles. The number of hydrogen-bond donors (Lipinski definition) is 1. The van der Waals surface area contributed by atoms with Gasteiger partial charge in [-0.15, -0.1) is 0 Å². The van der Waals surface area contributed by atoms with Crippen LogP contribution in [-0.4, -0.2) is 24.4 Å². The van der Waals surface area contributed by atoms with Gasteiger partial charge < -0.3 is 5.32 Å². The zero-order valence-corrected chi connectivity index (χ0v) is 11.1. The highest BCUT2D eigenvalue weighted by Gasteiger charge is 2.04. The molecule has 0 bridgehead atoms.